The van der Waals surface area contributed by atoms with Gasteiger partial charge in [0.1, 0.15) is 0 Å². The molecule has 2 aromatic carbocycles. The largest absolute Gasteiger partial charge is 0.416 e. The van der Waals surface area contributed by atoms with Crippen molar-refractivity contribution < 1.29 is 13.2 Å². The quantitative estimate of drug-likeness (QED) is 0.780. The molecule has 0 heterocycles. The first-order chi connectivity index (χ1) is 9.88. The van der Waals surface area contributed by atoms with E-state index in [0.717, 1.165) is 16.1 Å². The minimum absolute atomic E-state index is 0.167. The molecule has 0 spiro atoms. The van der Waals surface area contributed by atoms with Gasteiger partial charge in [0.25, 0.3) is 0 Å². The van der Waals surface area contributed by atoms with E-state index in [1.807, 2.05) is 31.2 Å². The molecule has 112 valence electrons. The van der Waals surface area contributed by atoms with Gasteiger partial charge in [0.05, 0.1) is 5.56 Å². The molecule has 0 aliphatic rings. The van der Waals surface area contributed by atoms with E-state index in [4.69, 9.17) is 0 Å². The number of rotatable bonds is 4. The molecular weight excluding hydrogens is 343 g/mol. The Morgan fingerprint density at radius 3 is 2.48 bits per heavy atom. The van der Waals surface area contributed by atoms with Crippen molar-refractivity contribution in [3.63, 3.8) is 0 Å². The molecule has 0 aromatic heterocycles. The fraction of sp³-hybridized carbons (Fsp3) is 0.250. The van der Waals surface area contributed by atoms with Crippen LogP contribution in [-0.4, -0.2) is 0 Å². The van der Waals surface area contributed by atoms with Crippen molar-refractivity contribution in [2.75, 3.05) is 0 Å². The molecule has 0 fully saturated rings. The summed E-state index contributed by atoms with van der Waals surface area (Å²) in [6, 6.07) is 13.0. The molecule has 1 atom stereocenters. The van der Waals surface area contributed by atoms with Crippen molar-refractivity contribution in [2.24, 2.45) is 0 Å². The number of hydrogen-bond acceptors (Lipinski definition) is 1. The van der Waals surface area contributed by atoms with Crippen LogP contribution in [-0.2, 0) is 12.7 Å². The molecule has 0 bridgehead atoms. The molecule has 0 aliphatic heterocycles. The predicted octanol–water partition coefficient (Wildman–Crippen LogP) is 5.32. The summed E-state index contributed by atoms with van der Waals surface area (Å²) in [4.78, 5) is 0. The maximum Gasteiger partial charge on any atom is 0.416 e. The lowest BCUT2D eigenvalue weighted by Crippen LogP contribution is -2.19. The third kappa shape index (κ3) is 4.32. The maximum atomic E-state index is 12.7. The van der Waals surface area contributed by atoms with Crippen LogP contribution in [0.4, 0.5) is 13.2 Å². The van der Waals surface area contributed by atoms with Crippen LogP contribution in [0.5, 0.6) is 0 Å². The van der Waals surface area contributed by atoms with Crippen molar-refractivity contribution in [2.45, 2.75) is 25.7 Å². The van der Waals surface area contributed by atoms with E-state index in [9.17, 15) is 13.2 Å². The molecule has 0 saturated carbocycles. The molecule has 0 amide bonds. The van der Waals surface area contributed by atoms with Crippen molar-refractivity contribution in [1.29, 1.82) is 0 Å². The van der Waals surface area contributed by atoms with Gasteiger partial charge in [-0.25, -0.2) is 0 Å². The van der Waals surface area contributed by atoms with Gasteiger partial charge in [0.15, 0.2) is 0 Å². The smallest absolute Gasteiger partial charge is 0.306 e. The van der Waals surface area contributed by atoms with Crippen LogP contribution in [0, 0.1) is 0 Å². The van der Waals surface area contributed by atoms with E-state index in [-0.39, 0.29) is 6.04 Å². The Labute approximate surface area is 130 Å². The molecule has 1 nitrogen and oxygen atoms in total. The van der Waals surface area contributed by atoms with Crippen LogP contribution < -0.4 is 5.32 Å². The van der Waals surface area contributed by atoms with Crippen molar-refractivity contribution in [3.8, 4) is 0 Å². The van der Waals surface area contributed by atoms with Crippen LogP contribution in [0.15, 0.2) is 53.0 Å². The number of nitrogens with one attached hydrogen (secondary N) is 1. The zero-order valence-electron chi connectivity index (χ0n) is 11.4. The molecule has 0 saturated heterocycles. The van der Waals surface area contributed by atoms with E-state index in [1.54, 1.807) is 6.07 Å². The molecule has 5 heteroatoms. The number of halogens is 4. The first-order valence-corrected chi connectivity index (χ1v) is 7.31. The first kappa shape index (κ1) is 16.0. The molecule has 1 unspecified atom stereocenters. The van der Waals surface area contributed by atoms with Gasteiger partial charge in [-0.3, -0.25) is 0 Å². The SMILES string of the molecule is CC(NCc1ccccc1Br)c1cccc(C(F)(F)F)c1. The van der Waals surface area contributed by atoms with Crippen molar-refractivity contribution in [1.82, 2.24) is 5.32 Å². The number of benzene rings is 2. The van der Waals surface area contributed by atoms with Crippen LogP contribution in [0.1, 0.15) is 29.7 Å². The highest BCUT2D eigenvalue weighted by Gasteiger charge is 2.30. The van der Waals surface area contributed by atoms with Crippen LogP contribution in [0.25, 0.3) is 0 Å². The highest BCUT2D eigenvalue weighted by Crippen LogP contribution is 2.30. The molecule has 0 aliphatic carbocycles. The Balaban J connectivity index is 2.07. The summed E-state index contributed by atoms with van der Waals surface area (Å²) in [5.74, 6) is 0. The van der Waals surface area contributed by atoms with E-state index in [1.165, 1.54) is 12.1 Å². The maximum absolute atomic E-state index is 12.7. The monoisotopic (exact) mass is 357 g/mol. The van der Waals surface area contributed by atoms with E-state index < -0.39 is 11.7 Å². The van der Waals surface area contributed by atoms with Gasteiger partial charge >= 0.3 is 6.18 Å². The van der Waals surface area contributed by atoms with Crippen molar-refractivity contribution >= 4 is 15.9 Å². The molecular formula is C16H15BrF3N. The predicted molar refractivity (Wildman–Crippen MR) is 80.8 cm³/mol. The van der Waals surface area contributed by atoms with Crippen LogP contribution in [0.3, 0.4) is 0 Å². The fourth-order valence-electron chi connectivity index (χ4n) is 2.01. The Morgan fingerprint density at radius 2 is 1.81 bits per heavy atom. The van der Waals surface area contributed by atoms with Gasteiger partial charge in [-0.2, -0.15) is 13.2 Å². The lowest BCUT2D eigenvalue weighted by molar-refractivity contribution is -0.137. The molecule has 0 radical (unpaired) electrons. The molecule has 1 N–H and O–H groups in total. The summed E-state index contributed by atoms with van der Waals surface area (Å²) >= 11 is 3.45. The summed E-state index contributed by atoms with van der Waals surface area (Å²) in [5.41, 5.74) is 1.07. The Hall–Kier alpha value is -1.33. The Bertz CT molecular complexity index is 610. The normalized spacial score (nSPS) is 13.2. The summed E-state index contributed by atoms with van der Waals surface area (Å²) in [6.07, 6.45) is -4.31. The standard InChI is InChI=1S/C16H15BrF3N/c1-11(21-10-13-5-2-3-8-15(13)17)12-6-4-7-14(9-12)16(18,19)20/h2-9,11,21H,10H2,1H3. The summed E-state index contributed by atoms with van der Waals surface area (Å²) in [5, 5.41) is 3.24. The lowest BCUT2D eigenvalue weighted by atomic mass is 10.0. The lowest BCUT2D eigenvalue weighted by Gasteiger charge is -2.16. The average Bonchev–Trinajstić information content (AvgIpc) is 2.45. The van der Waals surface area contributed by atoms with Gasteiger partial charge < -0.3 is 5.32 Å². The first-order valence-electron chi connectivity index (χ1n) is 6.52. The number of alkyl halides is 3. The molecule has 2 aromatic rings. The second-order valence-electron chi connectivity index (χ2n) is 4.82. The third-order valence-electron chi connectivity index (χ3n) is 3.27. The minimum atomic E-state index is -4.31. The van der Waals surface area contributed by atoms with Gasteiger partial charge in [0.2, 0.25) is 0 Å². The third-order valence-corrected chi connectivity index (χ3v) is 4.04. The summed E-state index contributed by atoms with van der Waals surface area (Å²) in [6.45, 7) is 2.44. The minimum Gasteiger partial charge on any atom is -0.306 e. The van der Waals surface area contributed by atoms with E-state index in [2.05, 4.69) is 21.2 Å². The van der Waals surface area contributed by atoms with Gasteiger partial charge in [0, 0.05) is 17.1 Å². The summed E-state index contributed by atoms with van der Waals surface area (Å²) < 4.78 is 39.1. The summed E-state index contributed by atoms with van der Waals surface area (Å²) in [7, 11) is 0. The van der Waals surface area contributed by atoms with Crippen molar-refractivity contribution in [3.05, 3.63) is 69.7 Å². The Morgan fingerprint density at radius 1 is 1.10 bits per heavy atom. The zero-order valence-corrected chi connectivity index (χ0v) is 13.0. The van der Waals surface area contributed by atoms with Gasteiger partial charge in [-0.15, -0.1) is 0 Å². The Kier molecular flexibility index (Phi) is 5.06. The van der Waals surface area contributed by atoms with E-state index >= 15 is 0 Å². The van der Waals surface area contributed by atoms with E-state index in [0.29, 0.717) is 12.1 Å². The topological polar surface area (TPSA) is 12.0 Å². The molecule has 2 rings (SSSR count). The van der Waals surface area contributed by atoms with Crippen LogP contribution in [0.2, 0.25) is 0 Å². The second kappa shape index (κ2) is 6.62. The fourth-order valence-corrected chi connectivity index (χ4v) is 2.43. The molecule has 21 heavy (non-hydrogen) atoms. The number of hydrogen-bond donors (Lipinski definition) is 1. The van der Waals surface area contributed by atoms with Gasteiger partial charge in [-0.1, -0.05) is 46.3 Å². The highest BCUT2D eigenvalue weighted by atomic mass is 79.9. The van der Waals surface area contributed by atoms with Crippen LogP contribution >= 0.6 is 15.9 Å². The highest BCUT2D eigenvalue weighted by molar-refractivity contribution is 9.10. The average molecular weight is 358 g/mol. The van der Waals surface area contributed by atoms with Gasteiger partial charge in [-0.05, 0) is 36.2 Å². The zero-order chi connectivity index (χ0) is 15.5. The second-order valence-corrected chi connectivity index (χ2v) is 5.67.